The van der Waals surface area contributed by atoms with Gasteiger partial charge in [0.1, 0.15) is 5.75 Å². The van der Waals surface area contributed by atoms with Gasteiger partial charge in [0.15, 0.2) is 11.6 Å². The minimum atomic E-state index is -1.19. The smallest absolute Gasteiger partial charge is 0.248 e. The predicted octanol–water partition coefficient (Wildman–Crippen LogP) is 3.14. The van der Waals surface area contributed by atoms with E-state index in [4.69, 9.17) is 5.73 Å². The SMILES string of the molecule is CC(C)(C)N(C(=O)Cc1cc(F)c(F)cc1O)c1cccc(C(N)=O)c1. The molecule has 0 bridgehead atoms. The zero-order valence-corrected chi connectivity index (χ0v) is 14.7. The molecule has 2 amide bonds. The fraction of sp³-hybridized carbons (Fsp3) is 0.263. The zero-order chi connectivity index (χ0) is 19.6. The molecule has 0 heterocycles. The molecule has 138 valence electrons. The molecule has 0 aliphatic heterocycles. The number of rotatable bonds is 4. The number of benzene rings is 2. The number of primary amides is 1. The van der Waals surface area contributed by atoms with Crippen molar-refractivity contribution < 1.29 is 23.5 Å². The third-order valence-electron chi connectivity index (χ3n) is 3.77. The van der Waals surface area contributed by atoms with Crippen LogP contribution in [0.5, 0.6) is 5.75 Å². The average Bonchev–Trinajstić information content (AvgIpc) is 2.51. The van der Waals surface area contributed by atoms with E-state index >= 15 is 0 Å². The van der Waals surface area contributed by atoms with Gasteiger partial charge in [0.2, 0.25) is 11.8 Å². The van der Waals surface area contributed by atoms with Crippen molar-refractivity contribution in [2.45, 2.75) is 32.7 Å². The first-order valence-corrected chi connectivity index (χ1v) is 7.90. The van der Waals surface area contributed by atoms with E-state index in [0.717, 1.165) is 6.07 Å². The van der Waals surface area contributed by atoms with Crippen LogP contribution >= 0.6 is 0 Å². The van der Waals surface area contributed by atoms with Crippen molar-refractivity contribution in [1.29, 1.82) is 0 Å². The lowest BCUT2D eigenvalue weighted by Gasteiger charge is -2.36. The number of aromatic hydroxyl groups is 1. The Hall–Kier alpha value is -2.96. The van der Waals surface area contributed by atoms with Gasteiger partial charge in [-0.2, -0.15) is 0 Å². The maximum Gasteiger partial charge on any atom is 0.248 e. The van der Waals surface area contributed by atoms with Gasteiger partial charge in [-0.1, -0.05) is 6.07 Å². The van der Waals surface area contributed by atoms with Crippen molar-refractivity contribution in [3.05, 3.63) is 59.2 Å². The fourth-order valence-corrected chi connectivity index (χ4v) is 2.66. The molecule has 0 spiro atoms. The van der Waals surface area contributed by atoms with Crippen LogP contribution in [0.25, 0.3) is 0 Å². The monoisotopic (exact) mass is 362 g/mol. The topological polar surface area (TPSA) is 83.6 Å². The lowest BCUT2D eigenvalue weighted by Crippen LogP contribution is -2.46. The number of phenols is 1. The van der Waals surface area contributed by atoms with Crippen LogP contribution in [-0.2, 0) is 11.2 Å². The van der Waals surface area contributed by atoms with E-state index in [1.54, 1.807) is 32.9 Å². The van der Waals surface area contributed by atoms with Crippen molar-refractivity contribution in [2.24, 2.45) is 5.73 Å². The van der Waals surface area contributed by atoms with Gasteiger partial charge >= 0.3 is 0 Å². The van der Waals surface area contributed by atoms with Crippen LogP contribution in [0.1, 0.15) is 36.7 Å². The van der Waals surface area contributed by atoms with Gasteiger partial charge in [-0.25, -0.2) is 8.78 Å². The summed E-state index contributed by atoms with van der Waals surface area (Å²) in [6.07, 6.45) is -0.346. The molecule has 0 saturated heterocycles. The van der Waals surface area contributed by atoms with E-state index in [0.29, 0.717) is 11.8 Å². The molecule has 7 heteroatoms. The van der Waals surface area contributed by atoms with Gasteiger partial charge in [-0.05, 0) is 45.0 Å². The standard InChI is InChI=1S/C19H20F2N2O3/c1-19(2,3)23(13-6-4-5-11(7-13)18(22)26)17(25)9-12-8-14(20)15(21)10-16(12)24/h4-8,10,24H,9H2,1-3H3,(H2,22,26). The van der Waals surface area contributed by atoms with Crippen LogP contribution in [0.4, 0.5) is 14.5 Å². The van der Waals surface area contributed by atoms with Crippen molar-refractivity contribution in [3.63, 3.8) is 0 Å². The summed E-state index contributed by atoms with van der Waals surface area (Å²) in [5.41, 5.74) is 5.25. The number of carbonyl (C=O) groups is 2. The Morgan fingerprint density at radius 1 is 1.12 bits per heavy atom. The number of nitrogens with two attached hydrogens (primary N) is 1. The average molecular weight is 362 g/mol. The van der Waals surface area contributed by atoms with Gasteiger partial charge in [-0.3, -0.25) is 9.59 Å². The molecule has 0 radical (unpaired) electrons. The van der Waals surface area contributed by atoms with E-state index in [1.807, 2.05) is 0 Å². The highest BCUT2D eigenvalue weighted by Crippen LogP contribution is 2.28. The second-order valence-electron chi connectivity index (χ2n) is 6.89. The molecule has 2 aromatic carbocycles. The molecule has 3 N–H and O–H groups in total. The zero-order valence-electron chi connectivity index (χ0n) is 14.7. The highest BCUT2D eigenvalue weighted by molar-refractivity contribution is 5.99. The second kappa shape index (κ2) is 7.11. The number of hydrogen-bond acceptors (Lipinski definition) is 3. The number of hydrogen-bond donors (Lipinski definition) is 2. The number of anilines is 1. The Bertz CT molecular complexity index is 860. The highest BCUT2D eigenvalue weighted by atomic mass is 19.2. The molecule has 2 rings (SSSR count). The highest BCUT2D eigenvalue weighted by Gasteiger charge is 2.29. The molecule has 0 unspecified atom stereocenters. The molecule has 0 aliphatic rings. The van der Waals surface area contributed by atoms with Gasteiger partial charge in [0, 0.05) is 28.4 Å². The summed E-state index contributed by atoms with van der Waals surface area (Å²) in [5, 5.41) is 9.80. The van der Waals surface area contributed by atoms with Crippen molar-refractivity contribution >= 4 is 17.5 Å². The molecule has 0 atom stereocenters. The fourth-order valence-electron chi connectivity index (χ4n) is 2.66. The van der Waals surface area contributed by atoms with Crippen molar-refractivity contribution in [2.75, 3.05) is 4.90 Å². The number of amides is 2. The summed E-state index contributed by atoms with van der Waals surface area (Å²) in [6, 6.07) is 7.67. The lowest BCUT2D eigenvalue weighted by molar-refractivity contribution is -0.119. The molecular formula is C19H20F2N2O3. The van der Waals surface area contributed by atoms with E-state index in [1.165, 1.54) is 17.0 Å². The van der Waals surface area contributed by atoms with E-state index in [-0.39, 0.29) is 17.5 Å². The molecule has 0 saturated carbocycles. The quantitative estimate of drug-likeness (QED) is 0.876. The van der Waals surface area contributed by atoms with Gasteiger partial charge in [-0.15, -0.1) is 0 Å². The Labute approximate surface area is 150 Å². The van der Waals surface area contributed by atoms with E-state index < -0.39 is 34.7 Å². The first kappa shape index (κ1) is 19.4. The molecular weight excluding hydrogens is 342 g/mol. The van der Waals surface area contributed by atoms with Crippen molar-refractivity contribution in [3.8, 4) is 5.75 Å². The summed E-state index contributed by atoms with van der Waals surface area (Å²) in [4.78, 5) is 25.7. The minimum absolute atomic E-state index is 0.0331. The van der Waals surface area contributed by atoms with Gasteiger partial charge in [0.25, 0.3) is 0 Å². The molecule has 5 nitrogen and oxygen atoms in total. The molecule has 0 aromatic heterocycles. The molecule has 0 aliphatic carbocycles. The minimum Gasteiger partial charge on any atom is -0.508 e. The summed E-state index contributed by atoms with van der Waals surface area (Å²) >= 11 is 0. The maximum absolute atomic E-state index is 13.4. The number of nitrogens with zero attached hydrogens (tertiary/aromatic N) is 1. The van der Waals surface area contributed by atoms with E-state index in [9.17, 15) is 23.5 Å². The first-order valence-electron chi connectivity index (χ1n) is 7.90. The summed E-state index contributed by atoms with van der Waals surface area (Å²) in [6.45, 7) is 5.35. The summed E-state index contributed by atoms with van der Waals surface area (Å²) in [5.74, 6) is -3.94. The van der Waals surface area contributed by atoms with Crippen LogP contribution in [0.15, 0.2) is 36.4 Å². The van der Waals surface area contributed by atoms with E-state index in [2.05, 4.69) is 0 Å². The molecule has 26 heavy (non-hydrogen) atoms. The third-order valence-corrected chi connectivity index (χ3v) is 3.77. The van der Waals surface area contributed by atoms with Crippen LogP contribution in [0.3, 0.4) is 0 Å². The normalized spacial score (nSPS) is 11.3. The maximum atomic E-state index is 13.4. The van der Waals surface area contributed by atoms with Gasteiger partial charge < -0.3 is 15.7 Å². The predicted molar refractivity (Wildman–Crippen MR) is 93.9 cm³/mol. The Morgan fingerprint density at radius 3 is 2.31 bits per heavy atom. The number of carbonyl (C=O) groups excluding carboxylic acids is 2. The summed E-state index contributed by atoms with van der Waals surface area (Å²) < 4.78 is 26.6. The largest absolute Gasteiger partial charge is 0.508 e. The van der Waals surface area contributed by atoms with Crippen LogP contribution in [0, 0.1) is 11.6 Å². The Morgan fingerprint density at radius 2 is 1.73 bits per heavy atom. The van der Waals surface area contributed by atoms with Crippen LogP contribution in [0.2, 0.25) is 0 Å². The summed E-state index contributed by atoms with van der Waals surface area (Å²) in [7, 11) is 0. The molecule has 2 aromatic rings. The number of phenolic OH excluding ortho intramolecular Hbond substituents is 1. The van der Waals surface area contributed by atoms with Crippen LogP contribution < -0.4 is 10.6 Å². The molecule has 0 fully saturated rings. The number of halogens is 2. The van der Waals surface area contributed by atoms with Crippen LogP contribution in [-0.4, -0.2) is 22.5 Å². The first-order chi connectivity index (χ1) is 12.0. The Balaban J connectivity index is 2.42. The van der Waals surface area contributed by atoms with Crippen molar-refractivity contribution in [1.82, 2.24) is 0 Å². The second-order valence-corrected chi connectivity index (χ2v) is 6.89. The third kappa shape index (κ3) is 4.17. The Kier molecular flexibility index (Phi) is 5.30. The lowest BCUT2D eigenvalue weighted by atomic mass is 10.0. The van der Waals surface area contributed by atoms with Gasteiger partial charge in [0.05, 0.1) is 6.42 Å².